The summed E-state index contributed by atoms with van der Waals surface area (Å²) in [5, 5.41) is 7.64. The molecule has 0 aliphatic carbocycles. The molecule has 1 amide bonds. The maximum absolute atomic E-state index is 12.3. The summed E-state index contributed by atoms with van der Waals surface area (Å²) in [6.45, 7) is 1.95. The lowest BCUT2D eigenvalue weighted by atomic mass is 10.2. The van der Waals surface area contributed by atoms with Crippen LogP contribution in [0.4, 0.5) is 11.4 Å². The SMILES string of the molecule is Cc1ccnc2sc(C(=O)Nc3cnn(C)c3)c(N)c12. The Kier molecular flexibility index (Phi) is 2.90. The summed E-state index contributed by atoms with van der Waals surface area (Å²) in [7, 11) is 1.79. The van der Waals surface area contributed by atoms with E-state index in [0.717, 1.165) is 15.8 Å². The number of nitrogen functional groups attached to an aromatic ring is 1. The van der Waals surface area contributed by atoms with Crippen LogP contribution in [0, 0.1) is 6.92 Å². The molecule has 0 bridgehead atoms. The van der Waals surface area contributed by atoms with E-state index in [2.05, 4.69) is 15.4 Å². The van der Waals surface area contributed by atoms with Crippen LogP contribution in [0.25, 0.3) is 10.2 Å². The molecule has 102 valence electrons. The number of thiophene rings is 1. The van der Waals surface area contributed by atoms with E-state index < -0.39 is 0 Å². The largest absolute Gasteiger partial charge is 0.397 e. The predicted molar refractivity (Wildman–Crippen MR) is 79.9 cm³/mol. The lowest BCUT2D eigenvalue weighted by Gasteiger charge is -2.01. The van der Waals surface area contributed by atoms with Crippen molar-refractivity contribution in [1.82, 2.24) is 14.8 Å². The van der Waals surface area contributed by atoms with E-state index >= 15 is 0 Å². The number of hydrogen-bond donors (Lipinski definition) is 2. The summed E-state index contributed by atoms with van der Waals surface area (Å²) in [5.74, 6) is -0.238. The molecule has 0 saturated carbocycles. The summed E-state index contributed by atoms with van der Waals surface area (Å²) < 4.78 is 1.62. The van der Waals surface area contributed by atoms with Gasteiger partial charge in [-0.15, -0.1) is 11.3 Å². The van der Waals surface area contributed by atoms with Crippen LogP contribution in [0.3, 0.4) is 0 Å². The third-order valence-corrected chi connectivity index (χ3v) is 4.12. The number of amides is 1. The van der Waals surface area contributed by atoms with Crippen molar-refractivity contribution in [3.05, 3.63) is 35.1 Å². The van der Waals surface area contributed by atoms with Gasteiger partial charge in [-0.2, -0.15) is 5.10 Å². The van der Waals surface area contributed by atoms with Crippen molar-refractivity contribution in [2.75, 3.05) is 11.1 Å². The Hall–Kier alpha value is -2.41. The van der Waals surface area contributed by atoms with Crippen molar-refractivity contribution in [1.29, 1.82) is 0 Å². The molecule has 3 rings (SSSR count). The van der Waals surface area contributed by atoms with E-state index in [9.17, 15) is 4.79 Å². The molecular formula is C13H13N5OS. The number of aryl methyl sites for hydroxylation is 2. The Morgan fingerprint density at radius 1 is 1.50 bits per heavy atom. The van der Waals surface area contributed by atoms with Gasteiger partial charge in [0.2, 0.25) is 0 Å². The summed E-state index contributed by atoms with van der Waals surface area (Å²) in [6, 6.07) is 1.88. The molecule has 0 aliphatic heterocycles. The first-order valence-corrected chi connectivity index (χ1v) is 6.81. The molecule has 0 atom stereocenters. The van der Waals surface area contributed by atoms with E-state index in [1.54, 1.807) is 30.3 Å². The molecule has 3 aromatic rings. The average Bonchev–Trinajstić information content (AvgIpc) is 2.95. The maximum atomic E-state index is 12.3. The monoisotopic (exact) mass is 287 g/mol. The van der Waals surface area contributed by atoms with Gasteiger partial charge < -0.3 is 11.1 Å². The van der Waals surface area contributed by atoms with E-state index in [0.29, 0.717) is 16.3 Å². The fraction of sp³-hybridized carbons (Fsp3) is 0.154. The van der Waals surface area contributed by atoms with E-state index in [-0.39, 0.29) is 5.91 Å². The summed E-state index contributed by atoms with van der Waals surface area (Å²) >= 11 is 1.30. The van der Waals surface area contributed by atoms with E-state index in [1.165, 1.54) is 11.3 Å². The Balaban J connectivity index is 1.99. The minimum Gasteiger partial charge on any atom is -0.397 e. The number of pyridine rings is 1. The number of nitrogens with two attached hydrogens (primary N) is 1. The zero-order valence-corrected chi connectivity index (χ0v) is 11.9. The van der Waals surface area contributed by atoms with E-state index in [1.807, 2.05) is 13.0 Å². The number of carbonyl (C=O) groups is 1. The van der Waals surface area contributed by atoms with Gasteiger partial charge >= 0.3 is 0 Å². The van der Waals surface area contributed by atoms with Gasteiger partial charge in [0.05, 0.1) is 17.6 Å². The van der Waals surface area contributed by atoms with Gasteiger partial charge in [0, 0.05) is 24.8 Å². The van der Waals surface area contributed by atoms with Crippen LogP contribution in [0.1, 0.15) is 15.2 Å². The fourth-order valence-electron chi connectivity index (χ4n) is 2.05. The highest BCUT2D eigenvalue weighted by Crippen LogP contribution is 2.34. The molecular weight excluding hydrogens is 274 g/mol. The first-order chi connectivity index (χ1) is 9.56. The second-order valence-corrected chi connectivity index (χ2v) is 5.51. The molecule has 20 heavy (non-hydrogen) atoms. The van der Waals surface area contributed by atoms with E-state index in [4.69, 9.17) is 5.73 Å². The third kappa shape index (κ3) is 2.01. The average molecular weight is 287 g/mol. The number of nitrogens with zero attached hydrogens (tertiary/aromatic N) is 3. The Morgan fingerprint density at radius 3 is 2.95 bits per heavy atom. The molecule has 3 heterocycles. The number of nitrogens with one attached hydrogen (secondary N) is 1. The standard InChI is InChI=1S/C13H13N5OS/c1-7-3-4-15-13-9(7)10(14)11(20-13)12(19)17-8-5-16-18(2)6-8/h3-6H,14H2,1-2H3,(H,17,19). The van der Waals surface area contributed by atoms with Gasteiger partial charge in [-0.3, -0.25) is 9.48 Å². The molecule has 0 aliphatic rings. The van der Waals surface area contributed by atoms with Gasteiger partial charge in [0.15, 0.2) is 0 Å². The van der Waals surface area contributed by atoms with Gasteiger partial charge in [-0.25, -0.2) is 4.98 Å². The highest BCUT2D eigenvalue weighted by atomic mass is 32.1. The molecule has 6 nitrogen and oxygen atoms in total. The molecule has 0 fully saturated rings. The van der Waals surface area contributed by atoms with Crippen LogP contribution < -0.4 is 11.1 Å². The van der Waals surface area contributed by atoms with Gasteiger partial charge in [0.1, 0.15) is 9.71 Å². The summed E-state index contributed by atoms with van der Waals surface area (Å²) in [5.41, 5.74) is 8.23. The normalized spacial score (nSPS) is 10.9. The van der Waals surface area contributed by atoms with Crippen LogP contribution in [-0.4, -0.2) is 20.7 Å². The van der Waals surface area contributed by atoms with Crippen LogP contribution in [-0.2, 0) is 7.05 Å². The topological polar surface area (TPSA) is 85.8 Å². The molecule has 0 spiro atoms. The lowest BCUT2D eigenvalue weighted by Crippen LogP contribution is -2.11. The first kappa shape index (κ1) is 12.6. The summed E-state index contributed by atoms with van der Waals surface area (Å²) in [6.07, 6.45) is 5.03. The zero-order valence-electron chi connectivity index (χ0n) is 11.0. The number of fused-ring (bicyclic) bond motifs is 1. The number of rotatable bonds is 2. The van der Waals surface area contributed by atoms with Crippen molar-refractivity contribution in [3.8, 4) is 0 Å². The van der Waals surface area contributed by atoms with Crippen molar-refractivity contribution in [2.24, 2.45) is 7.05 Å². The fourth-order valence-corrected chi connectivity index (χ4v) is 3.08. The van der Waals surface area contributed by atoms with Crippen molar-refractivity contribution >= 4 is 38.8 Å². The number of aromatic nitrogens is 3. The van der Waals surface area contributed by atoms with Crippen LogP contribution in [0.5, 0.6) is 0 Å². The zero-order chi connectivity index (χ0) is 14.3. The molecule has 0 aromatic carbocycles. The molecule has 0 unspecified atom stereocenters. The molecule has 7 heteroatoms. The highest BCUT2D eigenvalue weighted by molar-refractivity contribution is 7.21. The van der Waals surface area contributed by atoms with Crippen LogP contribution in [0.2, 0.25) is 0 Å². The second kappa shape index (κ2) is 4.61. The molecule has 3 N–H and O–H groups in total. The lowest BCUT2D eigenvalue weighted by molar-refractivity contribution is 0.103. The predicted octanol–water partition coefficient (Wildman–Crippen LogP) is 2.17. The molecule has 0 saturated heterocycles. The highest BCUT2D eigenvalue weighted by Gasteiger charge is 2.18. The van der Waals surface area contributed by atoms with Crippen molar-refractivity contribution in [2.45, 2.75) is 6.92 Å². The van der Waals surface area contributed by atoms with Crippen molar-refractivity contribution in [3.63, 3.8) is 0 Å². The number of carbonyl (C=O) groups excluding carboxylic acids is 1. The Bertz CT molecular complexity index is 804. The van der Waals surface area contributed by atoms with Crippen LogP contribution in [0.15, 0.2) is 24.7 Å². The third-order valence-electron chi connectivity index (χ3n) is 3.01. The van der Waals surface area contributed by atoms with Crippen molar-refractivity contribution < 1.29 is 4.79 Å². The molecule has 3 aromatic heterocycles. The summed E-state index contributed by atoms with van der Waals surface area (Å²) in [4.78, 5) is 17.8. The van der Waals surface area contributed by atoms with Crippen LogP contribution >= 0.6 is 11.3 Å². The Morgan fingerprint density at radius 2 is 2.30 bits per heavy atom. The van der Waals surface area contributed by atoms with Gasteiger partial charge in [0.25, 0.3) is 5.91 Å². The second-order valence-electron chi connectivity index (χ2n) is 4.51. The Labute approximate surface area is 119 Å². The number of anilines is 2. The number of hydrogen-bond acceptors (Lipinski definition) is 5. The maximum Gasteiger partial charge on any atom is 0.268 e. The minimum atomic E-state index is -0.238. The smallest absolute Gasteiger partial charge is 0.268 e. The molecule has 0 radical (unpaired) electrons. The first-order valence-electron chi connectivity index (χ1n) is 6.00. The minimum absolute atomic E-state index is 0.238. The quantitative estimate of drug-likeness (QED) is 0.756. The van der Waals surface area contributed by atoms with Gasteiger partial charge in [-0.1, -0.05) is 0 Å². The van der Waals surface area contributed by atoms with Gasteiger partial charge in [-0.05, 0) is 18.6 Å².